The Labute approximate surface area is 141 Å². The molecule has 1 amide bonds. The van der Waals surface area contributed by atoms with Crippen LogP contribution in [-0.2, 0) is 11.2 Å². The third kappa shape index (κ3) is 5.51. The summed E-state index contributed by atoms with van der Waals surface area (Å²) in [5, 5.41) is 0. The van der Waals surface area contributed by atoms with Crippen molar-refractivity contribution in [1.82, 2.24) is 9.80 Å². The van der Waals surface area contributed by atoms with Gasteiger partial charge in [-0.05, 0) is 44.8 Å². The van der Waals surface area contributed by atoms with Crippen LogP contribution >= 0.6 is 0 Å². The van der Waals surface area contributed by atoms with Gasteiger partial charge in [-0.2, -0.15) is 0 Å². The molecule has 0 spiro atoms. The first-order chi connectivity index (χ1) is 11.2. The molecule has 1 aromatic rings. The molecule has 0 saturated carbocycles. The van der Waals surface area contributed by atoms with E-state index in [9.17, 15) is 4.79 Å². The van der Waals surface area contributed by atoms with Gasteiger partial charge in [0.1, 0.15) is 0 Å². The summed E-state index contributed by atoms with van der Waals surface area (Å²) in [5.74, 6) is 0.239. The molecule has 126 valence electrons. The van der Waals surface area contributed by atoms with Crippen molar-refractivity contribution in [1.29, 1.82) is 0 Å². The quantitative estimate of drug-likeness (QED) is 0.719. The summed E-state index contributed by atoms with van der Waals surface area (Å²) >= 11 is 0. The molecule has 0 aromatic heterocycles. The number of hydrogen-bond acceptors (Lipinski definition) is 2. The average Bonchev–Trinajstić information content (AvgIpc) is 2.87. The summed E-state index contributed by atoms with van der Waals surface area (Å²) in [6.07, 6.45) is 7.74. The molecule has 1 unspecified atom stereocenters. The first kappa shape index (κ1) is 17.7. The van der Waals surface area contributed by atoms with E-state index in [-0.39, 0.29) is 11.9 Å². The summed E-state index contributed by atoms with van der Waals surface area (Å²) in [5.41, 5.74) is 1.27. The minimum Gasteiger partial charge on any atom is -0.337 e. The fourth-order valence-electron chi connectivity index (χ4n) is 3.26. The first-order valence-corrected chi connectivity index (χ1v) is 8.90. The van der Waals surface area contributed by atoms with Crippen molar-refractivity contribution in [2.45, 2.75) is 45.1 Å². The highest BCUT2D eigenvalue weighted by molar-refractivity contribution is 5.81. The summed E-state index contributed by atoms with van der Waals surface area (Å²) in [7, 11) is 0. The molecule has 0 N–H and O–H groups in total. The Morgan fingerprint density at radius 1 is 1.22 bits per heavy atom. The Bertz CT molecular complexity index is 478. The van der Waals surface area contributed by atoms with E-state index in [0.717, 1.165) is 26.1 Å². The highest BCUT2D eigenvalue weighted by Crippen LogP contribution is 2.14. The van der Waals surface area contributed by atoms with Crippen LogP contribution in [0.2, 0.25) is 0 Å². The number of hydrogen-bond donors (Lipinski definition) is 0. The molecule has 3 nitrogen and oxygen atoms in total. The van der Waals surface area contributed by atoms with E-state index in [0.29, 0.717) is 6.54 Å². The molecule has 0 bridgehead atoms. The Kier molecular flexibility index (Phi) is 7.34. The smallest absolute Gasteiger partial charge is 0.239 e. The zero-order valence-corrected chi connectivity index (χ0v) is 14.4. The second-order valence-electron chi connectivity index (χ2n) is 6.43. The monoisotopic (exact) mass is 314 g/mol. The standard InChI is InChI=1S/C20H30N2O/c1-3-14-22(17-13-19-11-7-6-8-12-19)20(23)18(2)21-15-9-4-5-10-16-21/h3,6-8,11-12,18H,1,4-5,9-10,13-17H2,2H3. The molecule has 1 saturated heterocycles. The van der Waals surface area contributed by atoms with Gasteiger partial charge >= 0.3 is 0 Å². The van der Waals surface area contributed by atoms with Crippen LogP contribution in [0.4, 0.5) is 0 Å². The van der Waals surface area contributed by atoms with Crippen LogP contribution < -0.4 is 0 Å². The lowest BCUT2D eigenvalue weighted by atomic mass is 10.1. The van der Waals surface area contributed by atoms with Crippen LogP contribution in [0.15, 0.2) is 43.0 Å². The van der Waals surface area contributed by atoms with Gasteiger partial charge < -0.3 is 4.90 Å². The third-order valence-electron chi connectivity index (χ3n) is 4.72. The van der Waals surface area contributed by atoms with Gasteiger partial charge in [-0.15, -0.1) is 6.58 Å². The van der Waals surface area contributed by atoms with Gasteiger partial charge in [0, 0.05) is 13.1 Å². The summed E-state index contributed by atoms with van der Waals surface area (Å²) < 4.78 is 0. The maximum Gasteiger partial charge on any atom is 0.239 e. The number of carbonyl (C=O) groups excluding carboxylic acids is 1. The van der Waals surface area contributed by atoms with Crippen molar-refractivity contribution in [3.63, 3.8) is 0 Å². The second kappa shape index (κ2) is 9.51. The minimum atomic E-state index is -0.0242. The van der Waals surface area contributed by atoms with E-state index < -0.39 is 0 Å². The van der Waals surface area contributed by atoms with Gasteiger partial charge in [-0.1, -0.05) is 49.2 Å². The molecule has 1 atom stereocenters. The van der Waals surface area contributed by atoms with E-state index in [1.807, 2.05) is 17.0 Å². The lowest BCUT2D eigenvalue weighted by Gasteiger charge is -2.31. The van der Waals surface area contributed by atoms with E-state index >= 15 is 0 Å². The molecule has 23 heavy (non-hydrogen) atoms. The molecule has 1 aliphatic heterocycles. The van der Waals surface area contributed by atoms with Crippen molar-refractivity contribution < 1.29 is 4.79 Å². The normalized spacial score (nSPS) is 17.3. The zero-order valence-electron chi connectivity index (χ0n) is 14.4. The molecule has 0 aliphatic carbocycles. The van der Waals surface area contributed by atoms with E-state index in [4.69, 9.17) is 0 Å². The topological polar surface area (TPSA) is 23.6 Å². The Balaban J connectivity index is 1.94. The van der Waals surface area contributed by atoms with Crippen molar-refractivity contribution >= 4 is 5.91 Å². The number of likely N-dealkylation sites (tertiary alicyclic amines) is 1. The maximum atomic E-state index is 12.9. The molecular formula is C20H30N2O. The van der Waals surface area contributed by atoms with Crippen LogP contribution in [0.25, 0.3) is 0 Å². The zero-order chi connectivity index (χ0) is 16.5. The predicted octanol–water partition coefficient (Wildman–Crippen LogP) is 3.51. The van der Waals surface area contributed by atoms with E-state index in [1.165, 1.54) is 31.2 Å². The fourth-order valence-corrected chi connectivity index (χ4v) is 3.26. The molecule has 1 aliphatic rings. The molecule has 3 heteroatoms. The first-order valence-electron chi connectivity index (χ1n) is 8.90. The second-order valence-corrected chi connectivity index (χ2v) is 6.43. The van der Waals surface area contributed by atoms with Crippen LogP contribution in [0, 0.1) is 0 Å². The number of amides is 1. The van der Waals surface area contributed by atoms with Crippen LogP contribution in [0.5, 0.6) is 0 Å². The van der Waals surface area contributed by atoms with Gasteiger partial charge in [0.25, 0.3) is 0 Å². The lowest BCUT2D eigenvalue weighted by molar-refractivity contribution is -0.135. The number of carbonyl (C=O) groups is 1. The van der Waals surface area contributed by atoms with Gasteiger partial charge in [0.15, 0.2) is 0 Å². The van der Waals surface area contributed by atoms with E-state index in [1.54, 1.807) is 0 Å². The van der Waals surface area contributed by atoms with Crippen molar-refractivity contribution in [3.8, 4) is 0 Å². The predicted molar refractivity (Wildman–Crippen MR) is 96.4 cm³/mol. The fraction of sp³-hybridized carbons (Fsp3) is 0.550. The molecule has 0 radical (unpaired) electrons. The molecule has 2 rings (SSSR count). The third-order valence-corrected chi connectivity index (χ3v) is 4.72. The van der Waals surface area contributed by atoms with Gasteiger partial charge in [-0.3, -0.25) is 9.69 Å². The highest BCUT2D eigenvalue weighted by Gasteiger charge is 2.25. The van der Waals surface area contributed by atoms with Crippen LogP contribution in [0.1, 0.15) is 38.2 Å². The van der Waals surface area contributed by atoms with Crippen molar-refractivity contribution in [2.24, 2.45) is 0 Å². The number of benzene rings is 1. The Morgan fingerprint density at radius 3 is 2.48 bits per heavy atom. The number of rotatable bonds is 7. The molecule has 1 aromatic carbocycles. The minimum absolute atomic E-state index is 0.0242. The molecule has 1 heterocycles. The van der Waals surface area contributed by atoms with Crippen LogP contribution in [-0.4, -0.2) is 47.9 Å². The van der Waals surface area contributed by atoms with Crippen molar-refractivity contribution in [2.75, 3.05) is 26.2 Å². The van der Waals surface area contributed by atoms with Gasteiger partial charge in [0.05, 0.1) is 6.04 Å². The summed E-state index contributed by atoms with van der Waals surface area (Å²) in [6, 6.07) is 10.3. The Hall–Kier alpha value is -1.61. The lowest BCUT2D eigenvalue weighted by Crippen LogP contribution is -2.48. The molecular weight excluding hydrogens is 284 g/mol. The van der Waals surface area contributed by atoms with Crippen molar-refractivity contribution in [3.05, 3.63) is 48.6 Å². The average molecular weight is 314 g/mol. The SMILES string of the molecule is C=CCN(CCc1ccccc1)C(=O)C(C)N1CCCCCC1. The number of nitrogens with zero attached hydrogens (tertiary/aromatic N) is 2. The summed E-state index contributed by atoms with van der Waals surface area (Å²) in [4.78, 5) is 17.2. The largest absolute Gasteiger partial charge is 0.337 e. The van der Waals surface area contributed by atoms with E-state index in [2.05, 4.69) is 42.7 Å². The van der Waals surface area contributed by atoms with Gasteiger partial charge in [-0.25, -0.2) is 0 Å². The van der Waals surface area contributed by atoms with Gasteiger partial charge in [0.2, 0.25) is 5.91 Å². The van der Waals surface area contributed by atoms with Crippen LogP contribution in [0.3, 0.4) is 0 Å². The molecule has 1 fully saturated rings. The highest BCUT2D eigenvalue weighted by atomic mass is 16.2. The maximum absolute atomic E-state index is 12.9. The Morgan fingerprint density at radius 2 is 1.87 bits per heavy atom. The summed E-state index contributed by atoms with van der Waals surface area (Å²) in [6.45, 7) is 9.36.